The third-order valence-electron chi connectivity index (χ3n) is 5.00. The molecule has 3 heterocycles. The Morgan fingerprint density at radius 2 is 1.94 bits per heavy atom. The van der Waals surface area contributed by atoms with Crippen molar-refractivity contribution in [1.29, 1.82) is 0 Å². The summed E-state index contributed by atoms with van der Waals surface area (Å²) in [7, 11) is 0. The number of hydrogen-bond donors (Lipinski definition) is 1. The first-order valence-corrected chi connectivity index (χ1v) is 11.5. The van der Waals surface area contributed by atoms with Crippen LogP contribution < -0.4 is 19.7 Å². The molecule has 1 amide bonds. The second-order valence-corrected chi connectivity index (χ2v) is 8.34. The van der Waals surface area contributed by atoms with E-state index in [4.69, 9.17) is 18.6 Å². The van der Waals surface area contributed by atoms with E-state index in [0.717, 1.165) is 23.7 Å². The van der Waals surface area contributed by atoms with Gasteiger partial charge in [-0.2, -0.15) is 0 Å². The van der Waals surface area contributed by atoms with Crippen LogP contribution in [-0.4, -0.2) is 50.4 Å². The van der Waals surface area contributed by atoms with Gasteiger partial charge in [0.25, 0.3) is 5.91 Å². The van der Waals surface area contributed by atoms with Crippen LogP contribution in [0.5, 0.6) is 11.5 Å². The number of nitrogens with zero attached hydrogens (tertiary/aromatic N) is 2. The Morgan fingerprint density at radius 3 is 2.62 bits per heavy atom. The molecule has 32 heavy (non-hydrogen) atoms. The monoisotopic (exact) mass is 457 g/mol. The zero-order chi connectivity index (χ0) is 22.5. The van der Waals surface area contributed by atoms with Crippen LogP contribution in [-0.2, 0) is 4.74 Å². The quantitative estimate of drug-likeness (QED) is 0.529. The van der Waals surface area contributed by atoms with E-state index in [1.165, 1.54) is 11.3 Å². The molecule has 0 saturated carbocycles. The van der Waals surface area contributed by atoms with E-state index in [2.05, 4.69) is 15.2 Å². The minimum Gasteiger partial charge on any atom is -0.492 e. The molecule has 1 aliphatic rings. The van der Waals surface area contributed by atoms with Crippen molar-refractivity contribution in [1.82, 2.24) is 4.98 Å². The number of aromatic nitrogens is 1. The lowest BCUT2D eigenvalue weighted by molar-refractivity contribution is 0.102. The first kappa shape index (κ1) is 22.2. The van der Waals surface area contributed by atoms with Crippen molar-refractivity contribution in [2.24, 2.45) is 0 Å². The molecule has 1 fully saturated rings. The van der Waals surface area contributed by atoms with Crippen LogP contribution in [0.2, 0.25) is 0 Å². The standard InChI is InChI=1S/C23H27N3O5S/c1-4-29-19-14-17(26-8-11-28-12-9-26)20(30-5-2)13-16(19)24-22(27)21-15(3)32-23(25-21)18-7-6-10-31-18/h6-7,10,13-14H,4-5,8-9,11-12H2,1-3H3,(H,24,27). The number of rotatable bonds is 8. The van der Waals surface area contributed by atoms with Gasteiger partial charge in [-0.25, -0.2) is 4.98 Å². The van der Waals surface area contributed by atoms with Gasteiger partial charge < -0.3 is 28.8 Å². The summed E-state index contributed by atoms with van der Waals surface area (Å²) in [6, 6.07) is 7.38. The Hall–Kier alpha value is -3.04. The molecule has 0 bridgehead atoms. The van der Waals surface area contributed by atoms with Gasteiger partial charge in [-0.05, 0) is 32.9 Å². The minimum absolute atomic E-state index is 0.306. The fourth-order valence-corrected chi connectivity index (χ4v) is 4.42. The number of amides is 1. The van der Waals surface area contributed by atoms with Gasteiger partial charge in [-0.15, -0.1) is 11.3 Å². The van der Waals surface area contributed by atoms with E-state index in [9.17, 15) is 4.79 Å². The highest BCUT2D eigenvalue weighted by Gasteiger charge is 2.23. The largest absolute Gasteiger partial charge is 0.492 e. The van der Waals surface area contributed by atoms with Gasteiger partial charge in [-0.3, -0.25) is 4.79 Å². The third kappa shape index (κ3) is 4.73. The van der Waals surface area contributed by atoms with Gasteiger partial charge in [0, 0.05) is 30.1 Å². The summed E-state index contributed by atoms with van der Waals surface area (Å²) < 4.78 is 22.7. The molecule has 0 radical (unpaired) electrons. The van der Waals surface area contributed by atoms with E-state index in [-0.39, 0.29) is 5.91 Å². The summed E-state index contributed by atoms with van der Waals surface area (Å²) in [6.45, 7) is 9.56. The second kappa shape index (κ2) is 10.1. The summed E-state index contributed by atoms with van der Waals surface area (Å²) in [6.07, 6.45) is 1.59. The number of morpholine rings is 1. The molecule has 1 N–H and O–H groups in total. The molecule has 0 atom stereocenters. The van der Waals surface area contributed by atoms with Gasteiger partial charge in [-0.1, -0.05) is 0 Å². The number of carbonyl (C=O) groups excluding carboxylic acids is 1. The van der Waals surface area contributed by atoms with Crippen molar-refractivity contribution in [2.75, 3.05) is 49.7 Å². The number of ether oxygens (including phenoxy) is 3. The first-order valence-electron chi connectivity index (χ1n) is 10.7. The fourth-order valence-electron chi connectivity index (χ4n) is 3.54. The molecule has 3 aromatic rings. The maximum Gasteiger partial charge on any atom is 0.275 e. The lowest BCUT2D eigenvalue weighted by Crippen LogP contribution is -2.36. The van der Waals surface area contributed by atoms with Crippen molar-refractivity contribution in [3.63, 3.8) is 0 Å². The van der Waals surface area contributed by atoms with Crippen LogP contribution in [0.3, 0.4) is 0 Å². The van der Waals surface area contributed by atoms with Crippen molar-refractivity contribution < 1.29 is 23.4 Å². The predicted molar refractivity (Wildman–Crippen MR) is 124 cm³/mol. The molecule has 9 heteroatoms. The summed E-state index contributed by atoms with van der Waals surface area (Å²) >= 11 is 1.42. The smallest absolute Gasteiger partial charge is 0.275 e. The molecular formula is C23H27N3O5S. The zero-order valence-corrected chi connectivity index (χ0v) is 19.3. The lowest BCUT2D eigenvalue weighted by Gasteiger charge is -2.31. The predicted octanol–water partition coefficient (Wildman–Crippen LogP) is 4.60. The van der Waals surface area contributed by atoms with Crippen molar-refractivity contribution in [3.8, 4) is 22.3 Å². The van der Waals surface area contributed by atoms with Gasteiger partial charge in [0.2, 0.25) is 0 Å². The Balaban J connectivity index is 1.64. The van der Waals surface area contributed by atoms with E-state index in [1.807, 2.05) is 39.0 Å². The Morgan fingerprint density at radius 1 is 1.19 bits per heavy atom. The number of hydrogen-bond acceptors (Lipinski definition) is 8. The normalized spacial score (nSPS) is 13.8. The maximum absolute atomic E-state index is 13.1. The zero-order valence-electron chi connectivity index (χ0n) is 18.5. The number of anilines is 2. The molecule has 170 valence electrons. The second-order valence-electron chi connectivity index (χ2n) is 7.14. The first-order chi connectivity index (χ1) is 15.6. The molecule has 0 aliphatic carbocycles. The maximum atomic E-state index is 13.1. The van der Waals surface area contributed by atoms with Crippen LogP contribution in [0.15, 0.2) is 34.9 Å². The van der Waals surface area contributed by atoms with Crippen LogP contribution in [0.1, 0.15) is 29.2 Å². The SMILES string of the molecule is CCOc1cc(N2CCOCC2)c(OCC)cc1NC(=O)c1nc(-c2ccco2)sc1C. The third-order valence-corrected chi connectivity index (χ3v) is 5.99. The van der Waals surface area contributed by atoms with Gasteiger partial charge in [0.15, 0.2) is 10.8 Å². The molecule has 1 aliphatic heterocycles. The Labute approximate surface area is 191 Å². The number of benzene rings is 1. The van der Waals surface area contributed by atoms with Crippen LogP contribution >= 0.6 is 11.3 Å². The van der Waals surface area contributed by atoms with Gasteiger partial charge in [0.05, 0.1) is 44.1 Å². The summed E-state index contributed by atoms with van der Waals surface area (Å²) in [5.41, 5.74) is 1.84. The van der Waals surface area contributed by atoms with Crippen molar-refractivity contribution in [3.05, 3.63) is 41.1 Å². The molecule has 1 aromatic carbocycles. The van der Waals surface area contributed by atoms with Crippen molar-refractivity contribution in [2.45, 2.75) is 20.8 Å². The minimum atomic E-state index is -0.306. The number of thiazole rings is 1. The summed E-state index contributed by atoms with van der Waals surface area (Å²) in [5, 5.41) is 3.63. The number of aryl methyl sites for hydroxylation is 1. The van der Waals surface area contributed by atoms with Crippen LogP contribution in [0, 0.1) is 6.92 Å². The molecule has 2 aromatic heterocycles. The average molecular weight is 458 g/mol. The number of furan rings is 1. The lowest BCUT2D eigenvalue weighted by atomic mass is 10.2. The van der Waals surface area contributed by atoms with E-state index in [0.29, 0.717) is 60.1 Å². The van der Waals surface area contributed by atoms with Gasteiger partial charge in [0.1, 0.15) is 17.2 Å². The van der Waals surface area contributed by atoms with Crippen LogP contribution in [0.4, 0.5) is 11.4 Å². The van der Waals surface area contributed by atoms with Crippen molar-refractivity contribution >= 4 is 28.6 Å². The molecule has 4 rings (SSSR count). The molecular weight excluding hydrogens is 430 g/mol. The number of carbonyl (C=O) groups is 1. The average Bonchev–Trinajstić information content (AvgIpc) is 3.46. The Kier molecular flexibility index (Phi) is 6.96. The van der Waals surface area contributed by atoms with E-state index in [1.54, 1.807) is 12.3 Å². The highest BCUT2D eigenvalue weighted by Crippen LogP contribution is 2.40. The van der Waals surface area contributed by atoms with E-state index < -0.39 is 0 Å². The van der Waals surface area contributed by atoms with E-state index >= 15 is 0 Å². The highest BCUT2D eigenvalue weighted by molar-refractivity contribution is 7.15. The summed E-state index contributed by atoms with van der Waals surface area (Å²) in [4.78, 5) is 20.6. The molecule has 1 saturated heterocycles. The van der Waals surface area contributed by atoms with Crippen LogP contribution in [0.25, 0.3) is 10.8 Å². The summed E-state index contributed by atoms with van der Waals surface area (Å²) in [5.74, 6) is 1.61. The number of nitrogens with one attached hydrogen (secondary N) is 1. The molecule has 0 spiro atoms. The van der Waals surface area contributed by atoms with Gasteiger partial charge >= 0.3 is 0 Å². The highest BCUT2D eigenvalue weighted by atomic mass is 32.1. The molecule has 8 nitrogen and oxygen atoms in total. The topological polar surface area (TPSA) is 86.1 Å². The Bertz CT molecular complexity index is 1060. The molecule has 0 unspecified atom stereocenters. The fraction of sp³-hybridized carbons (Fsp3) is 0.391.